The molecule has 1 aromatic carbocycles. The van der Waals surface area contributed by atoms with Gasteiger partial charge in [-0.2, -0.15) is 13.2 Å². The third-order valence-electron chi connectivity index (χ3n) is 2.56. The van der Waals surface area contributed by atoms with Crippen LogP contribution in [0.5, 0.6) is 11.5 Å². The number of phenolic OH excluding ortho intramolecular Hbond substituents is 1. The van der Waals surface area contributed by atoms with Crippen LogP contribution in [0.15, 0.2) is 48.3 Å². The highest BCUT2D eigenvalue weighted by molar-refractivity contribution is 5.33. The van der Waals surface area contributed by atoms with Gasteiger partial charge in [-0.15, -0.1) is 0 Å². The maximum Gasteiger partial charge on any atom is 0.395 e. The zero-order valence-electron chi connectivity index (χ0n) is 9.32. The van der Waals surface area contributed by atoms with Gasteiger partial charge in [0, 0.05) is 0 Å². The van der Waals surface area contributed by atoms with E-state index in [0.29, 0.717) is 11.5 Å². The lowest BCUT2D eigenvalue weighted by atomic mass is 10.00. The summed E-state index contributed by atoms with van der Waals surface area (Å²) in [4.78, 5) is 0. The molecule has 5 heteroatoms. The standard InChI is InChI=1S/C13H11F3O2/c14-13(15,16)9-1-5-11(6-2-9)18-12-7-3-10(17)4-8-12/h1,3-9,17H,2H2. The third-order valence-corrected chi connectivity index (χ3v) is 2.56. The molecule has 18 heavy (non-hydrogen) atoms. The van der Waals surface area contributed by atoms with Crippen LogP contribution in [0.4, 0.5) is 13.2 Å². The van der Waals surface area contributed by atoms with Gasteiger partial charge in [0.25, 0.3) is 0 Å². The molecule has 1 aliphatic rings. The average molecular weight is 256 g/mol. The first kappa shape index (κ1) is 12.5. The number of rotatable bonds is 2. The smallest absolute Gasteiger partial charge is 0.395 e. The average Bonchev–Trinajstić information content (AvgIpc) is 2.32. The van der Waals surface area contributed by atoms with Gasteiger partial charge in [0.1, 0.15) is 17.3 Å². The van der Waals surface area contributed by atoms with E-state index in [1.54, 1.807) is 12.1 Å². The fourth-order valence-electron chi connectivity index (χ4n) is 1.57. The summed E-state index contributed by atoms with van der Waals surface area (Å²) < 4.78 is 42.5. The monoisotopic (exact) mass is 256 g/mol. The van der Waals surface area contributed by atoms with Crippen molar-refractivity contribution in [3.63, 3.8) is 0 Å². The van der Waals surface area contributed by atoms with E-state index < -0.39 is 12.1 Å². The van der Waals surface area contributed by atoms with E-state index in [2.05, 4.69) is 0 Å². The highest BCUT2D eigenvalue weighted by atomic mass is 19.4. The zero-order chi connectivity index (χ0) is 13.2. The van der Waals surface area contributed by atoms with Gasteiger partial charge < -0.3 is 9.84 Å². The molecule has 1 N–H and O–H groups in total. The molecule has 1 atom stereocenters. The molecule has 1 unspecified atom stereocenters. The van der Waals surface area contributed by atoms with E-state index in [1.165, 1.54) is 24.3 Å². The Morgan fingerprint density at radius 1 is 1.17 bits per heavy atom. The summed E-state index contributed by atoms with van der Waals surface area (Å²) in [6, 6.07) is 5.97. The van der Waals surface area contributed by atoms with Crippen molar-refractivity contribution in [1.82, 2.24) is 0 Å². The summed E-state index contributed by atoms with van der Waals surface area (Å²) >= 11 is 0. The Kier molecular flexibility index (Phi) is 3.32. The van der Waals surface area contributed by atoms with Crippen molar-refractivity contribution in [2.24, 2.45) is 5.92 Å². The number of ether oxygens (including phenoxy) is 1. The zero-order valence-corrected chi connectivity index (χ0v) is 9.32. The van der Waals surface area contributed by atoms with Gasteiger partial charge in [-0.25, -0.2) is 0 Å². The molecule has 0 saturated heterocycles. The van der Waals surface area contributed by atoms with Crippen LogP contribution in [0.3, 0.4) is 0 Å². The van der Waals surface area contributed by atoms with E-state index in [1.807, 2.05) is 0 Å². The molecule has 2 nitrogen and oxygen atoms in total. The fourth-order valence-corrected chi connectivity index (χ4v) is 1.57. The molecule has 0 bridgehead atoms. The first-order chi connectivity index (χ1) is 8.45. The van der Waals surface area contributed by atoms with Crippen LogP contribution < -0.4 is 4.74 Å². The molecule has 2 rings (SSSR count). The van der Waals surface area contributed by atoms with Gasteiger partial charge in [0.2, 0.25) is 0 Å². The summed E-state index contributed by atoms with van der Waals surface area (Å²) in [7, 11) is 0. The number of hydrogen-bond donors (Lipinski definition) is 1. The number of benzene rings is 1. The van der Waals surface area contributed by atoms with Gasteiger partial charge in [-0.05, 0) is 42.8 Å². The normalized spacial score (nSPS) is 19.5. The van der Waals surface area contributed by atoms with Crippen LogP contribution in [0.25, 0.3) is 0 Å². The molecular formula is C13H11F3O2. The van der Waals surface area contributed by atoms with Crippen LogP contribution in [0.2, 0.25) is 0 Å². The van der Waals surface area contributed by atoms with Gasteiger partial charge in [0.15, 0.2) is 0 Å². The molecule has 0 amide bonds. The Hall–Kier alpha value is -1.91. The second-order valence-electron chi connectivity index (χ2n) is 3.95. The first-order valence-corrected chi connectivity index (χ1v) is 5.37. The maximum atomic E-state index is 12.4. The minimum Gasteiger partial charge on any atom is -0.508 e. The lowest BCUT2D eigenvalue weighted by molar-refractivity contribution is -0.160. The van der Waals surface area contributed by atoms with Gasteiger partial charge in [0.05, 0.1) is 5.92 Å². The summed E-state index contributed by atoms with van der Waals surface area (Å²) in [5.74, 6) is -0.493. The van der Waals surface area contributed by atoms with E-state index in [-0.39, 0.29) is 12.2 Å². The number of hydrogen-bond acceptors (Lipinski definition) is 2. The highest BCUT2D eigenvalue weighted by Crippen LogP contribution is 2.33. The number of alkyl halides is 3. The second kappa shape index (κ2) is 4.76. The minimum absolute atomic E-state index is 0.104. The molecule has 0 aromatic heterocycles. The molecule has 0 aliphatic heterocycles. The Morgan fingerprint density at radius 3 is 2.33 bits per heavy atom. The number of allylic oxidation sites excluding steroid dienone is 3. The Labute approximate surface area is 102 Å². The summed E-state index contributed by atoms with van der Waals surface area (Å²) in [6.45, 7) is 0. The van der Waals surface area contributed by atoms with Crippen molar-refractivity contribution in [2.45, 2.75) is 12.6 Å². The molecular weight excluding hydrogens is 245 g/mol. The van der Waals surface area contributed by atoms with E-state index >= 15 is 0 Å². The second-order valence-corrected chi connectivity index (χ2v) is 3.95. The minimum atomic E-state index is -4.21. The summed E-state index contributed by atoms with van der Waals surface area (Å²) in [6.07, 6.45) is -0.514. The van der Waals surface area contributed by atoms with Crippen molar-refractivity contribution >= 4 is 0 Å². The number of phenols is 1. The van der Waals surface area contributed by atoms with Crippen molar-refractivity contribution in [1.29, 1.82) is 0 Å². The Balaban J connectivity index is 1.99. The molecule has 0 spiro atoms. The predicted octanol–water partition coefficient (Wildman–Crippen LogP) is 3.79. The fraction of sp³-hybridized carbons (Fsp3) is 0.231. The molecule has 96 valence electrons. The molecule has 0 fully saturated rings. The number of aromatic hydroxyl groups is 1. The van der Waals surface area contributed by atoms with Crippen molar-refractivity contribution in [2.75, 3.05) is 0 Å². The third kappa shape index (κ3) is 3.06. The Bertz CT molecular complexity index is 472. The molecule has 0 radical (unpaired) electrons. The van der Waals surface area contributed by atoms with E-state index in [9.17, 15) is 13.2 Å². The van der Waals surface area contributed by atoms with Gasteiger partial charge in [-0.1, -0.05) is 6.08 Å². The highest BCUT2D eigenvalue weighted by Gasteiger charge is 2.37. The van der Waals surface area contributed by atoms with Crippen molar-refractivity contribution in [3.05, 3.63) is 48.3 Å². The quantitative estimate of drug-likeness (QED) is 0.872. The topological polar surface area (TPSA) is 29.5 Å². The van der Waals surface area contributed by atoms with Crippen LogP contribution in [-0.2, 0) is 0 Å². The van der Waals surface area contributed by atoms with Crippen LogP contribution >= 0.6 is 0 Å². The summed E-state index contributed by atoms with van der Waals surface area (Å²) in [5, 5.41) is 9.08. The predicted molar refractivity (Wildman–Crippen MR) is 60.1 cm³/mol. The summed E-state index contributed by atoms with van der Waals surface area (Å²) in [5.41, 5.74) is 0. The number of halogens is 3. The van der Waals surface area contributed by atoms with Gasteiger partial charge >= 0.3 is 6.18 Å². The van der Waals surface area contributed by atoms with Crippen molar-refractivity contribution < 1.29 is 23.0 Å². The lowest BCUT2D eigenvalue weighted by Crippen LogP contribution is -2.22. The van der Waals surface area contributed by atoms with E-state index in [0.717, 1.165) is 6.08 Å². The van der Waals surface area contributed by atoms with Gasteiger partial charge in [-0.3, -0.25) is 0 Å². The molecule has 0 heterocycles. The Morgan fingerprint density at radius 2 is 1.83 bits per heavy atom. The van der Waals surface area contributed by atoms with E-state index in [4.69, 9.17) is 9.84 Å². The molecule has 0 saturated carbocycles. The molecule has 1 aromatic rings. The maximum absolute atomic E-state index is 12.4. The largest absolute Gasteiger partial charge is 0.508 e. The van der Waals surface area contributed by atoms with Crippen molar-refractivity contribution in [3.8, 4) is 11.5 Å². The molecule has 1 aliphatic carbocycles. The lowest BCUT2D eigenvalue weighted by Gasteiger charge is -2.19. The van der Waals surface area contributed by atoms with Crippen LogP contribution in [-0.4, -0.2) is 11.3 Å². The first-order valence-electron chi connectivity index (χ1n) is 5.37. The van der Waals surface area contributed by atoms with Crippen LogP contribution in [0.1, 0.15) is 6.42 Å². The van der Waals surface area contributed by atoms with Crippen LogP contribution in [0, 0.1) is 5.92 Å². The SMILES string of the molecule is Oc1ccc(OC2=CCC(C(F)(F)F)C=C2)cc1.